The van der Waals surface area contributed by atoms with Crippen LogP contribution in [0.5, 0.6) is 0 Å². The zero-order valence-electron chi connectivity index (χ0n) is 7.36. The molecule has 0 saturated carbocycles. The molecule has 0 bridgehead atoms. The Kier molecular flexibility index (Phi) is 3.02. The Morgan fingerprint density at radius 1 is 1.62 bits per heavy atom. The number of nitrogens with zero attached hydrogens (tertiary/aromatic N) is 1. The zero-order chi connectivity index (χ0) is 9.84. The lowest BCUT2D eigenvalue weighted by molar-refractivity contribution is 0.148. The van der Waals surface area contributed by atoms with Crippen molar-refractivity contribution in [3.05, 3.63) is 33.1 Å². The van der Waals surface area contributed by atoms with E-state index in [1.807, 2.05) is 6.92 Å². The van der Waals surface area contributed by atoms with Crippen molar-refractivity contribution in [2.45, 2.75) is 26.0 Å². The largest absolute Gasteiger partial charge is 0.391 e. The molecule has 0 radical (unpaired) electrons. The standard InChI is InChI=1S/C8H12N2O3/c1-2-6(11)5-10-4-3-7(12)9-8(10)13/h3-4,6,11H,2,5H2,1H3,(H,9,12,13). The summed E-state index contributed by atoms with van der Waals surface area (Å²) in [7, 11) is 0. The van der Waals surface area contributed by atoms with Crippen LogP contribution in [0.3, 0.4) is 0 Å². The van der Waals surface area contributed by atoms with E-state index in [1.165, 1.54) is 16.8 Å². The number of aromatic nitrogens is 2. The summed E-state index contributed by atoms with van der Waals surface area (Å²) in [6.45, 7) is 2.04. The van der Waals surface area contributed by atoms with E-state index in [4.69, 9.17) is 0 Å². The highest BCUT2D eigenvalue weighted by atomic mass is 16.3. The summed E-state index contributed by atoms with van der Waals surface area (Å²) in [6, 6.07) is 1.25. The second kappa shape index (κ2) is 4.04. The van der Waals surface area contributed by atoms with Crippen molar-refractivity contribution >= 4 is 0 Å². The SMILES string of the molecule is CCC(O)Cn1ccc(=O)[nH]c1=O. The van der Waals surface area contributed by atoms with Crippen molar-refractivity contribution in [2.75, 3.05) is 0 Å². The molecular weight excluding hydrogens is 172 g/mol. The number of aliphatic hydroxyl groups is 1. The number of hydrogen-bond acceptors (Lipinski definition) is 3. The normalized spacial score (nSPS) is 12.8. The lowest BCUT2D eigenvalue weighted by atomic mass is 10.3. The summed E-state index contributed by atoms with van der Waals surface area (Å²) >= 11 is 0. The van der Waals surface area contributed by atoms with Gasteiger partial charge in [-0.2, -0.15) is 0 Å². The maximum Gasteiger partial charge on any atom is 0.328 e. The average molecular weight is 184 g/mol. The molecule has 1 aromatic heterocycles. The van der Waals surface area contributed by atoms with Crippen LogP contribution in [-0.2, 0) is 6.54 Å². The highest BCUT2D eigenvalue weighted by Gasteiger charge is 2.03. The lowest BCUT2D eigenvalue weighted by Crippen LogP contribution is -2.31. The van der Waals surface area contributed by atoms with Gasteiger partial charge >= 0.3 is 5.69 Å². The highest BCUT2D eigenvalue weighted by Crippen LogP contribution is 1.91. The second-order valence-corrected chi connectivity index (χ2v) is 2.82. The predicted octanol–water partition coefficient (Wildman–Crippen LogP) is -0.692. The number of aromatic amines is 1. The van der Waals surface area contributed by atoms with Crippen LogP contribution < -0.4 is 11.2 Å². The molecule has 5 nitrogen and oxygen atoms in total. The van der Waals surface area contributed by atoms with Gasteiger partial charge in [0.05, 0.1) is 12.6 Å². The predicted molar refractivity (Wildman–Crippen MR) is 47.6 cm³/mol. The number of hydrogen-bond donors (Lipinski definition) is 2. The Labute approximate surface area is 74.7 Å². The summed E-state index contributed by atoms with van der Waals surface area (Å²) < 4.78 is 1.27. The molecule has 2 N–H and O–H groups in total. The first-order valence-corrected chi connectivity index (χ1v) is 4.11. The van der Waals surface area contributed by atoms with Crippen LogP contribution >= 0.6 is 0 Å². The van der Waals surface area contributed by atoms with Crippen LogP contribution in [0.15, 0.2) is 21.9 Å². The van der Waals surface area contributed by atoms with E-state index in [2.05, 4.69) is 4.98 Å². The average Bonchev–Trinajstić information content (AvgIpc) is 2.09. The van der Waals surface area contributed by atoms with Gasteiger partial charge in [-0.25, -0.2) is 4.79 Å². The fourth-order valence-electron chi connectivity index (χ4n) is 0.944. The van der Waals surface area contributed by atoms with E-state index >= 15 is 0 Å². The molecule has 72 valence electrons. The van der Waals surface area contributed by atoms with Gasteiger partial charge in [0.15, 0.2) is 0 Å². The minimum absolute atomic E-state index is 0.214. The van der Waals surface area contributed by atoms with E-state index in [9.17, 15) is 14.7 Å². The minimum atomic E-state index is -0.552. The number of rotatable bonds is 3. The second-order valence-electron chi connectivity index (χ2n) is 2.82. The maximum atomic E-state index is 11.1. The molecule has 1 unspecified atom stereocenters. The molecule has 0 aromatic carbocycles. The first-order chi connectivity index (χ1) is 6.13. The Morgan fingerprint density at radius 2 is 2.31 bits per heavy atom. The van der Waals surface area contributed by atoms with Gasteiger partial charge in [-0.05, 0) is 6.42 Å². The molecule has 1 atom stereocenters. The molecule has 0 aliphatic rings. The van der Waals surface area contributed by atoms with Crippen LogP contribution in [0.1, 0.15) is 13.3 Å². The molecule has 0 amide bonds. The van der Waals surface area contributed by atoms with E-state index in [1.54, 1.807) is 0 Å². The Balaban J connectivity index is 2.90. The summed E-state index contributed by atoms with van der Waals surface area (Å²) in [5.41, 5.74) is -0.910. The molecule has 0 aliphatic heterocycles. The molecule has 0 fully saturated rings. The van der Waals surface area contributed by atoms with Crippen molar-refractivity contribution in [1.82, 2.24) is 9.55 Å². The molecule has 13 heavy (non-hydrogen) atoms. The summed E-state index contributed by atoms with van der Waals surface area (Å²) in [5, 5.41) is 9.25. The van der Waals surface area contributed by atoms with Crippen LogP contribution in [0.4, 0.5) is 0 Å². The third-order valence-corrected chi connectivity index (χ3v) is 1.78. The van der Waals surface area contributed by atoms with E-state index in [0.717, 1.165) is 0 Å². The van der Waals surface area contributed by atoms with Gasteiger partial charge in [0.25, 0.3) is 5.56 Å². The number of nitrogens with one attached hydrogen (secondary N) is 1. The molecule has 0 aliphatic carbocycles. The third-order valence-electron chi connectivity index (χ3n) is 1.78. The molecule has 1 rings (SSSR count). The number of aliphatic hydroxyl groups excluding tert-OH is 1. The van der Waals surface area contributed by atoms with Gasteiger partial charge in [-0.3, -0.25) is 14.3 Å². The van der Waals surface area contributed by atoms with E-state index in [0.29, 0.717) is 6.42 Å². The topological polar surface area (TPSA) is 75.1 Å². The zero-order valence-corrected chi connectivity index (χ0v) is 7.36. The Bertz CT molecular complexity index is 379. The van der Waals surface area contributed by atoms with Gasteiger partial charge in [0.2, 0.25) is 0 Å². The summed E-state index contributed by atoms with van der Waals surface area (Å²) in [6.07, 6.45) is 1.40. The molecule has 0 saturated heterocycles. The van der Waals surface area contributed by atoms with Gasteiger partial charge in [0, 0.05) is 12.3 Å². The van der Waals surface area contributed by atoms with Gasteiger partial charge in [-0.15, -0.1) is 0 Å². The fourth-order valence-corrected chi connectivity index (χ4v) is 0.944. The molecule has 1 aromatic rings. The molecule has 1 heterocycles. The van der Waals surface area contributed by atoms with Crippen molar-refractivity contribution in [3.63, 3.8) is 0 Å². The van der Waals surface area contributed by atoms with Crippen molar-refractivity contribution < 1.29 is 5.11 Å². The molecular formula is C8H12N2O3. The third kappa shape index (κ3) is 2.55. The van der Waals surface area contributed by atoms with Crippen LogP contribution in [0.25, 0.3) is 0 Å². The summed E-state index contributed by atoms with van der Waals surface area (Å²) in [5.74, 6) is 0. The summed E-state index contributed by atoms with van der Waals surface area (Å²) in [4.78, 5) is 23.9. The van der Waals surface area contributed by atoms with Crippen LogP contribution in [-0.4, -0.2) is 20.8 Å². The van der Waals surface area contributed by atoms with Crippen LogP contribution in [0, 0.1) is 0 Å². The minimum Gasteiger partial charge on any atom is -0.391 e. The fraction of sp³-hybridized carbons (Fsp3) is 0.500. The Hall–Kier alpha value is -1.36. The van der Waals surface area contributed by atoms with Crippen molar-refractivity contribution in [3.8, 4) is 0 Å². The van der Waals surface area contributed by atoms with Gasteiger partial charge < -0.3 is 5.11 Å². The maximum absolute atomic E-state index is 11.1. The highest BCUT2D eigenvalue weighted by molar-refractivity contribution is 4.82. The van der Waals surface area contributed by atoms with Crippen molar-refractivity contribution in [1.29, 1.82) is 0 Å². The smallest absolute Gasteiger partial charge is 0.328 e. The Morgan fingerprint density at radius 3 is 2.85 bits per heavy atom. The molecule has 0 spiro atoms. The van der Waals surface area contributed by atoms with Gasteiger partial charge in [0.1, 0.15) is 0 Å². The van der Waals surface area contributed by atoms with E-state index < -0.39 is 17.4 Å². The quantitative estimate of drug-likeness (QED) is 0.652. The van der Waals surface area contributed by atoms with Gasteiger partial charge in [-0.1, -0.05) is 6.92 Å². The first kappa shape index (κ1) is 9.73. The van der Waals surface area contributed by atoms with Crippen molar-refractivity contribution in [2.24, 2.45) is 0 Å². The lowest BCUT2D eigenvalue weighted by Gasteiger charge is -2.08. The van der Waals surface area contributed by atoms with E-state index in [-0.39, 0.29) is 6.54 Å². The number of H-pyrrole nitrogens is 1. The van der Waals surface area contributed by atoms with Crippen LogP contribution in [0.2, 0.25) is 0 Å². The first-order valence-electron chi connectivity index (χ1n) is 4.11. The monoisotopic (exact) mass is 184 g/mol. The molecule has 5 heteroatoms.